The molecule has 0 fully saturated rings. The Kier molecular flexibility index (Phi) is 5.81. The highest BCUT2D eigenvalue weighted by Gasteiger charge is 2.14. The van der Waals surface area contributed by atoms with Gasteiger partial charge in [0.25, 0.3) is 0 Å². The Balaban J connectivity index is 1.50. The summed E-state index contributed by atoms with van der Waals surface area (Å²) >= 11 is 1.44. The summed E-state index contributed by atoms with van der Waals surface area (Å²) in [6.45, 7) is 0.831. The van der Waals surface area contributed by atoms with Crippen LogP contribution in [0.5, 0.6) is 11.5 Å². The number of hydrogen-bond acceptors (Lipinski definition) is 5. The molecule has 0 aliphatic carbocycles. The highest BCUT2D eigenvalue weighted by Crippen LogP contribution is 2.32. The topological polar surface area (TPSA) is 48.1 Å². The van der Waals surface area contributed by atoms with Crippen molar-refractivity contribution in [2.45, 2.75) is 6.42 Å². The molecule has 0 atom stereocenters. The van der Waals surface area contributed by atoms with Crippen molar-refractivity contribution in [2.75, 3.05) is 13.3 Å². The van der Waals surface area contributed by atoms with Gasteiger partial charge in [0.1, 0.15) is 5.82 Å². The normalized spacial score (nSPS) is 13.2. The van der Waals surface area contributed by atoms with Gasteiger partial charge in [-0.05, 0) is 47.9 Å². The van der Waals surface area contributed by atoms with E-state index in [0.717, 1.165) is 12.0 Å². The van der Waals surface area contributed by atoms with Crippen LogP contribution in [0.15, 0.2) is 88.3 Å². The molecule has 0 bridgehead atoms. The van der Waals surface area contributed by atoms with Gasteiger partial charge < -0.3 is 9.47 Å². The van der Waals surface area contributed by atoms with Gasteiger partial charge in [0.05, 0.1) is 11.9 Å². The summed E-state index contributed by atoms with van der Waals surface area (Å²) in [6, 6.07) is 22.5. The first-order valence-corrected chi connectivity index (χ1v) is 11.1. The van der Waals surface area contributed by atoms with Crippen molar-refractivity contribution in [3.63, 3.8) is 0 Å². The quantitative estimate of drug-likeness (QED) is 0.387. The van der Waals surface area contributed by atoms with E-state index in [4.69, 9.17) is 14.5 Å². The van der Waals surface area contributed by atoms with Crippen molar-refractivity contribution in [3.8, 4) is 22.8 Å². The van der Waals surface area contributed by atoms with Crippen LogP contribution in [0.1, 0.15) is 11.1 Å². The van der Waals surface area contributed by atoms with Crippen LogP contribution >= 0.6 is 11.3 Å². The Bertz CT molecular complexity index is 1330. The van der Waals surface area contributed by atoms with Crippen LogP contribution in [0.4, 0.5) is 4.39 Å². The van der Waals surface area contributed by atoms with Gasteiger partial charge in [0.2, 0.25) is 11.6 Å². The second-order valence-corrected chi connectivity index (χ2v) is 8.01. The van der Waals surface area contributed by atoms with Crippen LogP contribution in [-0.2, 0) is 6.42 Å². The Morgan fingerprint density at radius 2 is 1.78 bits per heavy atom. The molecule has 5 rings (SSSR count). The van der Waals surface area contributed by atoms with E-state index in [0.29, 0.717) is 34.1 Å². The van der Waals surface area contributed by atoms with E-state index >= 15 is 0 Å². The van der Waals surface area contributed by atoms with E-state index in [1.54, 1.807) is 23.0 Å². The molecule has 0 unspecified atom stereocenters. The maximum atomic E-state index is 14.5. The molecule has 5 nitrogen and oxygen atoms in total. The molecule has 160 valence electrons. The number of ether oxygens (including phenoxy) is 2. The third-order valence-corrected chi connectivity index (χ3v) is 5.90. The van der Waals surface area contributed by atoms with Gasteiger partial charge in [-0.2, -0.15) is 5.10 Å². The monoisotopic (exact) mass is 445 g/mol. The van der Waals surface area contributed by atoms with Crippen molar-refractivity contribution in [1.82, 2.24) is 4.68 Å². The average Bonchev–Trinajstić information content (AvgIpc) is 3.45. The largest absolute Gasteiger partial charge is 0.454 e. The molecule has 0 radical (unpaired) electrons. The van der Waals surface area contributed by atoms with E-state index in [-0.39, 0.29) is 12.6 Å². The van der Waals surface area contributed by atoms with Gasteiger partial charge in [-0.25, -0.2) is 9.07 Å². The Morgan fingerprint density at radius 3 is 2.66 bits per heavy atom. The molecule has 3 aromatic carbocycles. The fourth-order valence-electron chi connectivity index (χ4n) is 3.42. The maximum Gasteiger partial charge on any atom is 0.231 e. The molecular weight excluding hydrogens is 425 g/mol. The fourth-order valence-corrected chi connectivity index (χ4v) is 4.27. The number of thiazole rings is 1. The molecule has 1 aliphatic heterocycles. The molecule has 0 spiro atoms. The van der Waals surface area contributed by atoms with Crippen molar-refractivity contribution in [3.05, 3.63) is 99.9 Å². The zero-order chi connectivity index (χ0) is 21.8. The minimum atomic E-state index is -0.298. The van der Waals surface area contributed by atoms with Crippen molar-refractivity contribution in [1.29, 1.82) is 0 Å². The maximum absolute atomic E-state index is 14.5. The highest BCUT2D eigenvalue weighted by molar-refractivity contribution is 7.07. The predicted molar refractivity (Wildman–Crippen MR) is 124 cm³/mol. The van der Waals surface area contributed by atoms with E-state index in [1.807, 2.05) is 47.8 Å². The third-order valence-electron chi connectivity index (χ3n) is 5.04. The van der Waals surface area contributed by atoms with Crippen molar-refractivity contribution >= 4 is 17.6 Å². The molecule has 0 N–H and O–H groups in total. The predicted octanol–water partition coefficient (Wildman–Crippen LogP) is 5.11. The zero-order valence-electron chi connectivity index (χ0n) is 17.1. The number of fused-ring (bicyclic) bond motifs is 1. The highest BCUT2D eigenvalue weighted by atomic mass is 32.1. The SMILES string of the molecule is Fc1ccccc1-c1csc(=NCCc2ccccc2)n1N=Cc1ccc2c(c1)OCO2. The Labute approximate surface area is 188 Å². The smallest absolute Gasteiger partial charge is 0.231 e. The fraction of sp³-hybridized carbons (Fsp3) is 0.120. The van der Waals surface area contributed by atoms with E-state index in [2.05, 4.69) is 17.2 Å². The molecule has 4 aromatic rings. The lowest BCUT2D eigenvalue weighted by Crippen LogP contribution is -2.13. The summed E-state index contributed by atoms with van der Waals surface area (Å²) in [5.41, 5.74) is 3.21. The van der Waals surface area contributed by atoms with Crippen LogP contribution < -0.4 is 14.3 Å². The Morgan fingerprint density at radius 1 is 0.969 bits per heavy atom. The molecule has 1 aliphatic rings. The van der Waals surface area contributed by atoms with Crippen LogP contribution in [0.3, 0.4) is 0 Å². The number of nitrogens with zero attached hydrogens (tertiary/aromatic N) is 3. The third kappa shape index (κ3) is 4.33. The van der Waals surface area contributed by atoms with Gasteiger partial charge in [-0.1, -0.05) is 42.5 Å². The van der Waals surface area contributed by atoms with E-state index in [1.165, 1.54) is 23.0 Å². The van der Waals surface area contributed by atoms with Gasteiger partial charge in [-0.3, -0.25) is 4.99 Å². The van der Waals surface area contributed by atoms with Crippen molar-refractivity contribution < 1.29 is 13.9 Å². The molecular formula is C25H20FN3O2S. The van der Waals surface area contributed by atoms with E-state index < -0.39 is 0 Å². The summed E-state index contributed by atoms with van der Waals surface area (Å²) in [4.78, 5) is 5.45. The number of hydrogen-bond donors (Lipinski definition) is 0. The van der Waals surface area contributed by atoms with Crippen LogP contribution in [0, 0.1) is 5.82 Å². The second-order valence-electron chi connectivity index (χ2n) is 7.17. The number of rotatable bonds is 6. The standard InChI is InChI=1S/C25H20FN3O2S/c26-21-9-5-4-8-20(21)22-16-32-25(27-13-12-18-6-2-1-3-7-18)29(22)28-15-19-10-11-23-24(14-19)31-17-30-23/h1-11,14-16H,12-13,17H2. The number of halogens is 1. The van der Waals surface area contributed by atoms with Gasteiger partial charge in [0, 0.05) is 17.5 Å². The minimum Gasteiger partial charge on any atom is -0.454 e. The summed E-state index contributed by atoms with van der Waals surface area (Å²) < 4.78 is 27.0. The number of aromatic nitrogens is 1. The molecule has 0 saturated carbocycles. The van der Waals surface area contributed by atoms with Crippen molar-refractivity contribution in [2.24, 2.45) is 10.1 Å². The van der Waals surface area contributed by atoms with Gasteiger partial charge in [0.15, 0.2) is 11.5 Å². The molecule has 7 heteroatoms. The molecule has 32 heavy (non-hydrogen) atoms. The summed E-state index contributed by atoms with van der Waals surface area (Å²) in [6.07, 6.45) is 2.54. The Hall–Kier alpha value is -3.71. The first-order chi connectivity index (χ1) is 15.8. The van der Waals surface area contributed by atoms with Crippen LogP contribution in [0.2, 0.25) is 0 Å². The summed E-state index contributed by atoms with van der Waals surface area (Å²) in [5, 5.41) is 6.54. The lowest BCUT2D eigenvalue weighted by atomic mass is 10.1. The zero-order valence-corrected chi connectivity index (χ0v) is 18.0. The molecule has 2 heterocycles. The van der Waals surface area contributed by atoms with Gasteiger partial charge >= 0.3 is 0 Å². The molecule has 0 saturated heterocycles. The lowest BCUT2D eigenvalue weighted by Gasteiger charge is -2.05. The van der Waals surface area contributed by atoms with Gasteiger partial charge in [-0.15, -0.1) is 11.3 Å². The molecule has 0 amide bonds. The first-order valence-electron chi connectivity index (χ1n) is 10.2. The summed E-state index contributed by atoms with van der Waals surface area (Å²) in [7, 11) is 0. The lowest BCUT2D eigenvalue weighted by molar-refractivity contribution is 0.174. The summed E-state index contributed by atoms with van der Waals surface area (Å²) in [5.74, 6) is 1.11. The average molecular weight is 446 g/mol. The second kappa shape index (κ2) is 9.20. The first kappa shape index (κ1) is 20.2. The van der Waals surface area contributed by atoms with E-state index in [9.17, 15) is 4.39 Å². The van der Waals surface area contributed by atoms with Crippen LogP contribution in [-0.4, -0.2) is 24.2 Å². The minimum absolute atomic E-state index is 0.219. The number of benzene rings is 3. The van der Waals surface area contributed by atoms with Crippen LogP contribution in [0.25, 0.3) is 11.3 Å². The molecule has 1 aromatic heterocycles.